The van der Waals surface area contributed by atoms with E-state index in [0.29, 0.717) is 11.5 Å². The second-order valence-electron chi connectivity index (χ2n) is 5.62. The molecule has 0 amide bonds. The predicted molar refractivity (Wildman–Crippen MR) is 99.7 cm³/mol. The summed E-state index contributed by atoms with van der Waals surface area (Å²) < 4.78 is 0. The third kappa shape index (κ3) is 2.75. The molecule has 0 fully saturated rings. The van der Waals surface area contributed by atoms with Crippen molar-refractivity contribution in [2.45, 2.75) is 24.3 Å². The molecule has 3 rings (SSSR count). The van der Waals surface area contributed by atoms with Crippen LogP contribution in [0.15, 0.2) is 36.4 Å². The molecule has 2 aromatic carbocycles. The molecular formula is C19H18OS2. The van der Waals surface area contributed by atoms with Crippen LogP contribution in [0.3, 0.4) is 0 Å². The highest BCUT2D eigenvalue weighted by molar-refractivity contribution is 7.79. The molecule has 0 bridgehead atoms. The molecule has 0 saturated heterocycles. The van der Waals surface area contributed by atoms with E-state index in [9.17, 15) is 4.79 Å². The van der Waals surface area contributed by atoms with Crippen molar-refractivity contribution in [3.63, 3.8) is 0 Å². The van der Waals surface area contributed by atoms with Crippen molar-refractivity contribution in [3.8, 4) is 0 Å². The monoisotopic (exact) mass is 326 g/mol. The average Bonchev–Trinajstić information content (AvgIpc) is 2.70. The first-order valence-electron chi connectivity index (χ1n) is 7.30. The van der Waals surface area contributed by atoms with Crippen molar-refractivity contribution in [2.24, 2.45) is 0 Å². The molecule has 1 aliphatic carbocycles. The number of carbonyl (C=O) groups is 1. The number of benzene rings is 2. The first-order valence-corrected chi connectivity index (χ1v) is 8.56. The minimum atomic E-state index is -0.206. The first kappa shape index (κ1) is 15.4. The van der Waals surface area contributed by atoms with Crippen LogP contribution in [0, 0.1) is 0 Å². The minimum absolute atomic E-state index is 0.170. The summed E-state index contributed by atoms with van der Waals surface area (Å²) in [5, 5.41) is 0. The molecule has 0 atom stereocenters. The maximum atomic E-state index is 12.3. The van der Waals surface area contributed by atoms with Crippen LogP contribution >= 0.6 is 25.3 Å². The maximum absolute atomic E-state index is 12.3. The van der Waals surface area contributed by atoms with Crippen molar-refractivity contribution in [2.75, 3.05) is 0 Å². The van der Waals surface area contributed by atoms with Crippen LogP contribution in [0.25, 0.3) is 12.2 Å². The molecule has 22 heavy (non-hydrogen) atoms. The zero-order valence-electron chi connectivity index (χ0n) is 12.4. The van der Waals surface area contributed by atoms with Gasteiger partial charge in [0.15, 0.2) is 0 Å². The zero-order valence-corrected chi connectivity index (χ0v) is 14.2. The molecular weight excluding hydrogens is 308 g/mol. The number of Topliss-reactive ketones (excluding diaryl/α,β-unsaturated/α-hetero) is 1. The molecule has 0 aromatic heterocycles. The van der Waals surface area contributed by atoms with Gasteiger partial charge in [-0.1, -0.05) is 48.6 Å². The normalized spacial score (nSPS) is 13.4. The highest BCUT2D eigenvalue weighted by Gasteiger charge is 2.25. The molecule has 0 unspecified atom stereocenters. The summed E-state index contributed by atoms with van der Waals surface area (Å²) in [4.78, 5) is 12.3. The lowest BCUT2D eigenvalue weighted by atomic mass is 9.84. The van der Waals surface area contributed by atoms with E-state index in [-0.39, 0.29) is 11.7 Å². The van der Waals surface area contributed by atoms with Crippen molar-refractivity contribution in [1.29, 1.82) is 0 Å². The van der Waals surface area contributed by atoms with Gasteiger partial charge in [0.25, 0.3) is 0 Å². The Bertz CT molecular complexity index is 705. The van der Waals surface area contributed by atoms with Gasteiger partial charge in [0.05, 0.1) is 5.92 Å². The summed E-state index contributed by atoms with van der Waals surface area (Å²) in [6, 6.07) is 12.5. The Balaban J connectivity index is 2.23. The van der Waals surface area contributed by atoms with Gasteiger partial charge < -0.3 is 0 Å². The lowest BCUT2D eigenvalue weighted by Gasteiger charge is -2.18. The van der Waals surface area contributed by atoms with Crippen LogP contribution in [0.5, 0.6) is 0 Å². The smallest absolute Gasteiger partial charge is 0.141 e. The first-order chi connectivity index (χ1) is 10.6. The Labute approximate surface area is 142 Å². The van der Waals surface area contributed by atoms with E-state index < -0.39 is 0 Å². The molecule has 3 heteroatoms. The topological polar surface area (TPSA) is 17.1 Å². The highest BCUT2D eigenvalue weighted by atomic mass is 32.1. The number of hydrogen-bond donors (Lipinski definition) is 2. The van der Waals surface area contributed by atoms with E-state index >= 15 is 0 Å². The number of rotatable bonds is 3. The summed E-state index contributed by atoms with van der Waals surface area (Å²) in [7, 11) is 0. The molecule has 0 radical (unpaired) electrons. The third-order valence-electron chi connectivity index (χ3n) is 4.14. The van der Waals surface area contributed by atoms with Crippen LogP contribution in [0.2, 0.25) is 0 Å². The van der Waals surface area contributed by atoms with Crippen molar-refractivity contribution in [3.05, 3.63) is 69.8 Å². The number of ketones is 1. The van der Waals surface area contributed by atoms with Gasteiger partial charge in [0.1, 0.15) is 5.78 Å². The summed E-state index contributed by atoms with van der Waals surface area (Å²) >= 11 is 8.69. The van der Waals surface area contributed by atoms with Gasteiger partial charge in [-0.05, 0) is 40.3 Å². The van der Waals surface area contributed by atoms with Crippen molar-refractivity contribution < 1.29 is 4.79 Å². The largest absolute Gasteiger partial charge is 0.299 e. The van der Waals surface area contributed by atoms with E-state index in [4.69, 9.17) is 0 Å². The Morgan fingerprint density at radius 1 is 0.909 bits per heavy atom. The van der Waals surface area contributed by atoms with Crippen LogP contribution in [0.1, 0.15) is 46.2 Å². The van der Waals surface area contributed by atoms with Gasteiger partial charge in [-0.2, -0.15) is 25.3 Å². The number of thiol groups is 2. The Morgan fingerprint density at radius 2 is 1.36 bits per heavy atom. The molecule has 0 aliphatic heterocycles. The highest BCUT2D eigenvalue weighted by Crippen LogP contribution is 2.36. The van der Waals surface area contributed by atoms with E-state index in [1.807, 2.05) is 0 Å². The molecule has 1 nitrogen and oxygen atoms in total. The van der Waals surface area contributed by atoms with Gasteiger partial charge in [0.2, 0.25) is 0 Å². The van der Waals surface area contributed by atoms with Gasteiger partial charge >= 0.3 is 0 Å². The van der Waals surface area contributed by atoms with Gasteiger partial charge in [-0.15, -0.1) is 0 Å². The summed E-state index contributed by atoms with van der Waals surface area (Å²) in [5.74, 6) is 1.36. The fourth-order valence-corrected chi connectivity index (χ4v) is 3.44. The molecule has 0 N–H and O–H groups in total. The fraction of sp³-hybridized carbons (Fsp3) is 0.211. The van der Waals surface area contributed by atoms with E-state index in [1.165, 1.54) is 0 Å². The summed E-state index contributed by atoms with van der Waals surface area (Å²) in [5.41, 5.74) is 6.69. The maximum Gasteiger partial charge on any atom is 0.141 e. The Kier molecular flexibility index (Phi) is 4.46. The standard InChI is InChI=1S/C19H18OS2/c1-12(20)19-17-6-2-13(10-21)8-15(17)4-5-16-9-14(11-22)3-7-18(16)19/h2-9,19,21-22H,10-11H2,1H3. The van der Waals surface area contributed by atoms with E-state index in [0.717, 1.165) is 33.4 Å². The van der Waals surface area contributed by atoms with Crippen molar-refractivity contribution >= 4 is 43.2 Å². The van der Waals surface area contributed by atoms with Crippen LogP contribution in [-0.2, 0) is 16.3 Å². The van der Waals surface area contributed by atoms with Gasteiger partial charge in [-0.3, -0.25) is 4.79 Å². The second kappa shape index (κ2) is 6.35. The van der Waals surface area contributed by atoms with Gasteiger partial charge in [-0.25, -0.2) is 0 Å². The lowest BCUT2D eigenvalue weighted by molar-refractivity contribution is -0.117. The fourth-order valence-electron chi connectivity index (χ4n) is 3.04. The van der Waals surface area contributed by atoms with Crippen molar-refractivity contribution in [1.82, 2.24) is 0 Å². The molecule has 112 valence electrons. The zero-order chi connectivity index (χ0) is 15.7. The van der Waals surface area contributed by atoms with Crippen LogP contribution in [0.4, 0.5) is 0 Å². The Morgan fingerprint density at radius 3 is 1.73 bits per heavy atom. The predicted octanol–water partition coefficient (Wildman–Crippen LogP) is 4.75. The third-order valence-corrected chi connectivity index (χ3v) is 4.87. The lowest BCUT2D eigenvalue weighted by Crippen LogP contribution is -2.12. The van der Waals surface area contributed by atoms with Crippen LogP contribution < -0.4 is 0 Å². The summed E-state index contributed by atoms with van der Waals surface area (Å²) in [6.45, 7) is 1.67. The quantitative estimate of drug-likeness (QED) is 0.778. The molecule has 0 spiro atoms. The number of hydrogen-bond acceptors (Lipinski definition) is 3. The van der Waals surface area contributed by atoms with Gasteiger partial charge in [0, 0.05) is 11.5 Å². The van der Waals surface area contributed by atoms with Crippen LogP contribution in [-0.4, -0.2) is 5.78 Å². The number of carbonyl (C=O) groups excluding carboxylic acids is 1. The second-order valence-corrected chi connectivity index (χ2v) is 6.25. The number of fused-ring (bicyclic) bond motifs is 2. The van der Waals surface area contributed by atoms with E-state index in [2.05, 4.69) is 73.8 Å². The average molecular weight is 326 g/mol. The van der Waals surface area contributed by atoms with E-state index in [1.54, 1.807) is 6.92 Å². The molecule has 1 aliphatic rings. The summed E-state index contributed by atoms with van der Waals surface area (Å²) in [6.07, 6.45) is 4.21. The Hall–Kier alpha value is -1.45. The molecule has 0 saturated carbocycles. The molecule has 0 heterocycles. The minimum Gasteiger partial charge on any atom is -0.299 e. The SMILES string of the molecule is CC(=O)C1c2ccc(CS)cc2C=Cc2cc(CS)ccc21. The molecule has 2 aromatic rings.